The van der Waals surface area contributed by atoms with Crippen LogP contribution < -0.4 is 5.32 Å². The van der Waals surface area contributed by atoms with Crippen LogP contribution in [0.2, 0.25) is 0 Å². The highest BCUT2D eigenvalue weighted by Gasteiger charge is 2.26. The molecule has 0 aromatic carbocycles. The minimum Gasteiger partial charge on any atom is -0.366 e. The summed E-state index contributed by atoms with van der Waals surface area (Å²) >= 11 is 2.01. The van der Waals surface area contributed by atoms with E-state index < -0.39 is 0 Å². The largest absolute Gasteiger partial charge is 0.366 e. The van der Waals surface area contributed by atoms with E-state index in [4.69, 9.17) is 0 Å². The zero-order chi connectivity index (χ0) is 13.8. The van der Waals surface area contributed by atoms with Gasteiger partial charge in [-0.15, -0.1) is 0 Å². The standard InChI is InChI=1S/C16H25N3S/c1-20-15-10-6-5-9-14(15)19-16-12-7-3-2-4-8-13(12)17-11-18-16/h11,14-15H,2-10H2,1H3,(H,17,18,19). The number of anilines is 1. The van der Waals surface area contributed by atoms with Crippen LogP contribution in [0.4, 0.5) is 5.82 Å². The highest BCUT2D eigenvalue weighted by atomic mass is 32.2. The number of rotatable bonds is 3. The number of nitrogens with zero attached hydrogens (tertiary/aromatic N) is 2. The molecule has 1 saturated carbocycles. The number of thioether (sulfide) groups is 1. The van der Waals surface area contributed by atoms with Crippen molar-refractivity contribution in [2.45, 2.75) is 69.1 Å². The van der Waals surface area contributed by atoms with Crippen LogP contribution in [0.1, 0.15) is 56.2 Å². The minimum atomic E-state index is 0.584. The van der Waals surface area contributed by atoms with Crippen molar-refractivity contribution >= 4 is 17.6 Å². The third-order valence-electron chi connectivity index (χ3n) is 4.70. The second-order valence-electron chi connectivity index (χ2n) is 6.02. The molecule has 20 heavy (non-hydrogen) atoms. The lowest BCUT2D eigenvalue weighted by Crippen LogP contribution is -2.35. The summed E-state index contributed by atoms with van der Waals surface area (Å²) in [4.78, 5) is 9.08. The van der Waals surface area contributed by atoms with Crippen LogP contribution in [0, 0.1) is 0 Å². The monoisotopic (exact) mass is 291 g/mol. The molecule has 0 aliphatic heterocycles. The highest BCUT2D eigenvalue weighted by Crippen LogP contribution is 2.31. The Morgan fingerprint density at radius 1 is 1.05 bits per heavy atom. The lowest BCUT2D eigenvalue weighted by molar-refractivity contribution is 0.473. The molecule has 1 fully saturated rings. The predicted molar refractivity (Wildman–Crippen MR) is 86.5 cm³/mol. The Balaban J connectivity index is 1.79. The molecule has 1 heterocycles. The summed E-state index contributed by atoms with van der Waals surface area (Å²) in [6, 6.07) is 0.584. The molecule has 4 heteroatoms. The summed E-state index contributed by atoms with van der Waals surface area (Å²) in [5.74, 6) is 1.13. The van der Waals surface area contributed by atoms with Gasteiger partial charge in [0.1, 0.15) is 12.1 Å². The van der Waals surface area contributed by atoms with E-state index in [1.165, 1.54) is 56.2 Å². The van der Waals surface area contributed by atoms with E-state index in [2.05, 4.69) is 21.5 Å². The molecule has 0 bridgehead atoms. The van der Waals surface area contributed by atoms with Crippen molar-refractivity contribution in [3.05, 3.63) is 17.6 Å². The summed E-state index contributed by atoms with van der Waals surface area (Å²) < 4.78 is 0. The van der Waals surface area contributed by atoms with Crippen molar-refractivity contribution in [3.63, 3.8) is 0 Å². The smallest absolute Gasteiger partial charge is 0.133 e. The molecular formula is C16H25N3S. The third-order valence-corrected chi connectivity index (χ3v) is 5.87. The van der Waals surface area contributed by atoms with E-state index in [9.17, 15) is 0 Å². The maximum atomic E-state index is 4.57. The highest BCUT2D eigenvalue weighted by molar-refractivity contribution is 7.99. The van der Waals surface area contributed by atoms with Crippen molar-refractivity contribution < 1.29 is 0 Å². The fourth-order valence-electron chi connectivity index (χ4n) is 3.54. The maximum Gasteiger partial charge on any atom is 0.133 e. The SMILES string of the molecule is CSC1CCCCC1Nc1ncnc2c1CCCCC2. The summed E-state index contributed by atoms with van der Waals surface area (Å²) in [5.41, 5.74) is 2.69. The minimum absolute atomic E-state index is 0.584. The van der Waals surface area contributed by atoms with Gasteiger partial charge < -0.3 is 5.32 Å². The van der Waals surface area contributed by atoms with E-state index in [0.717, 1.165) is 23.9 Å². The van der Waals surface area contributed by atoms with Crippen LogP contribution in [-0.2, 0) is 12.8 Å². The third kappa shape index (κ3) is 3.11. The number of hydrogen-bond acceptors (Lipinski definition) is 4. The first-order valence-corrected chi connectivity index (χ1v) is 9.29. The average Bonchev–Trinajstić information content (AvgIpc) is 2.74. The van der Waals surface area contributed by atoms with Crippen molar-refractivity contribution in [1.29, 1.82) is 0 Å². The first-order valence-electron chi connectivity index (χ1n) is 8.00. The molecule has 0 amide bonds. The number of aromatic nitrogens is 2. The van der Waals surface area contributed by atoms with Crippen LogP contribution in [0.15, 0.2) is 6.33 Å². The summed E-state index contributed by atoms with van der Waals surface area (Å²) in [5, 5.41) is 4.50. The van der Waals surface area contributed by atoms with Gasteiger partial charge in [0.25, 0.3) is 0 Å². The van der Waals surface area contributed by atoms with E-state index in [-0.39, 0.29) is 0 Å². The molecule has 2 aliphatic rings. The molecule has 2 unspecified atom stereocenters. The fraction of sp³-hybridized carbons (Fsp3) is 0.750. The molecule has 110 valence electrons. The van der Waals surface area contributed by atoms with Crippen molar-refractivity contribution in [3.8, 4) is 0 Å². The zero-order valence-corrected chi connectivity index (χ0v) is 13.2. The Morgan fingerprint density at radius 3 is 2.80 bits per heavy atom. The quantitative estimate of drug-likeness (QED) is 0.859. The van der Waals surface area contributed by atoms with E-state index in [1.54, 1.807) is 6.33 Å². The van der Waals surface area contributed by atoms with Gasteiger partial charge in [-0.1, -0.05) is 19.3 Å². The number of nitrogens with one attached hydrogen (secondary N) is 1. The first-order chi connectivity index (χ1) is 9.88. The Labute approximate surface area is 126 Å². The van der Waals surface area contributed by atoms with E-state index in [0.29, 0.717) is 6.04 Å². The molecule has 2 aliphatic carbocycles. The van der Waals surface area contributed by atoms with Gasteiger partial charge in [0.2, 0.25) is 0 Å². The molecule has 1 N–H and O–H groups in total. The summed E-state index contributed by atoms with van der Waals surface area (Å²) in [6.07, 6.45) is 15.5. The molecule has 0 saturated heterocycles. The Hall–Kier alpha value is -0.770. The second kappa shape index (κ2) is 6.79. The molecule has 2 atom stereocenters. The van der Waals surface area contributed by atoms with Crippen molar-refractivity contribution in [1.82, 2.24) is 9.97 Å². The molecule has 1 aromatic heterocycles. The van der Waals surface area contributed by atoms with Crippen LogP contribution in [0.5, 0.6) is 0 Å². The van der Waals surface area contributed by atoms with Gasteiger partial charge in [0.05, 0.1) is 0 Å². The Morgan fingerprint density at radius 2 is 1.90 bits per heavy atom. The second-order valence-corrected chi connectivity index (χ2v) is 7.09. The van der Waals surface area contributed by atoms with Gasteiger partial charge in [-0.3, -0.25) is 0 Å². The molecule has 0 radical (unpaired) electrons. The van der Waals surface area contributed by atoms with Gasteiger partial charge in [-0.25, -0.2) is 9.97 Å². The van der Waals surface area contributed by atoms with Crippen molar-refractivity contribution in [2.24, 2.45) is 0 Å². The van der Waals surface area contributed by atoms with E-state index in [1.807, 2.05) is 11.8 Å². The Bertz CT molecular complexity index is 449. The maximum absolute atomic E-state index is 4.57. The van der Waals surface area contributed by atoms with Crippen LogP contribution in [0.25, 0.3) is 0 Å². The van der Waals surface area contributed by atoms with Gasteiger partial charge >= 0.3 is 0 Å². The summed E-state index contributed by atoms with van der Waals surface area (Å²) in [6.45, 7) is 0. The fourth-order valence-corrected chi connectivity index (χ4v) is 4.48. The van der Waals surface area contributed by atoms with Crippen molar-refractivity contribution in [2.75, 3.05) is 11.6 Å². The first kappa shape index (κ1) is 14.2. The van der Waals surface area contributed by atoms with Crippen LogP contribution in [-0.4, -0.2) is 27.5 Å². The normalized spacial score (nSPS) is 26.6. The molecule has 1 aromatic rings. The lowest BCUT2D eigenvalue weighted by Gasteiger charge is -2.32. The topological polar surface area (TPSA) is 37.8 Å². The van der Waals surface area contributed by atoms with Gasteiger partial charge in [0.15, 0.2) is 0 Å². The van der Waals surface area contributed by atoms with Crippen LogP contribution >= 0.6 is 11.8 Å². The summed E-state index contributed by atoms with van der Waals surface area (Å²) in [7, 11) is 0. The molecule has 3 nitrogen and oxygen atoms in total. The number of fused-ring (bicyclic) bond motifs is 1. The van der Waals surface area contributed by atoms with Gasteiger partial charge in [-0.05, 0) is 44.8 Å². The van der Waals surface area contributed by atoms with Gasteiger partial charge in [-0.2, -0.15) is 11.8 Å². The number of hydrogen-bond donors (Lipinski definition) is 1. The zero-order valence-electron chi connectivity index (χ0n) is 12.4. The average molecular weight is 291 g/mol. The molecule has 0 spiro atoms. The molecular weight excluding hydrogens is 266 g/mol. The van der Waals surface area contributed by atoms with E-state index >= 15 is 0 Å². The Kier molecular flexibility index (Phi) is 4.81. The van der Waals surface area contributed by atoms with Crippen LogP contribution in [0.3, 0.4) is 0 Å². The molecule has 3 rings (SSSR count). The van der Waals surface area contributed by atoms with Gasteiger partial charge in [0, 0.05) is 22.5 Å². The number of aryl methyl sites for hydroxylation is 1. The lowest BCUT2D eigenvalue weighted by atomic mass is 9.94. The predicted octanol–water partition coefficient (Wildman–Crippen LogP) is 3.83.